The molecule has 0 unspecified atom stereocenters. The molecule has 0 radical (unpaired) electrons. The minimum absolute atomic E-state index is 0.0681. The highest BCUT2D eigenvalue weighted by molar-refractivity contribution is 5.91. The molecule has 10 heteroatoms. The Labute approximate surface area is 263 Å². The molecule has 44 heavy (non-hydrogen) atoms. The zero-order valence-corrected chi connectivity index (χ0v) is 28.0. The quantitative estimate of drug-likeness (QED) is 0.247. The highest BCUT2D eigenvalue weighted by atomic mass is 16.7. The summed E-state index contributed by atoms with van der Waals surface area (Å²) < 4.78 is 24.5. The molecule has 250 valence electrons. The zero-order chi connectivity index (χ0) is 32.9. The van der Waals surface area contributed by atoms with E-state index in [1.807, 2.05) is 53.6 Å². The van der Waals surface area contributed by atoms with Gasteiger partial charge in [0, 0.05) is 23.8 Å². The first-order valence-corrected chi connectivity index (χ1v) is 16.2. The largest absolute Gasteiger partial charge is 0.462 e. The van der Waals surface area contributed by atoms with Crippen LogP contribution in [-0.4, -0.2) is 101 Å². The molecule has 0 aromatic carbocycles. The smallest absolute Gasteiger partial charge is 0.308 e. The third-order valence-electron chi connectivity index (χ3n) is 9.68. The van der Waals surface area contributed by atoms with Crippen LogP contribution in [0.15, 0.2) is 24.3 Å². The Morgan fingerprint density at radius 1 is 1.14 bits per heavy atom. The van der Waals surface area contributed by atoms with E-state index in [1.165, 1.54) is 13.0 Å². The number of carbonyl (C=O) groups is 3. The molecule has 3 aliphatic rings. The molecule has 10 nitrogen and oxygen atoms in total. The lowest BCUT2D eigenvalue weighted by molar-refractivity contribution is -0.283. The predicted molar refractivity (Wildman–Crippen MR) is 166 cm³/mol. The Hall–Kier alpha value is -1.95. The van der Waals surface area contributed by atoms with Gasteiger partial charge in [-0.25, -0.2) is 0 Å². The van der Waals surface area contributed by atoms with Crippen molar-refractivity contribution in [3.8, 4) is 0 Å². The monoisotopic (exact) mass is 621 g/mol. The van der Waals surface area contributed by atoms with E-state index >= 15 is 0 Å². The second-order valence-corrected chi connectivity index (χ2v) is 13.7. The summed E-state index contributed by atoms with van der Waals surface area (Å²) in [4.78, 5) is 40.2. The lowest BCUT2D eigenvalue weighted by Crippen LogP contribution is -2.56. The molecule has 3 rings (SSSR count). The van der Waals surface area contributed by atoms with E-state index in [0.29, 0.717) is 25.7 Å². The third kappa shape index (κ3) is 9.30. The number of fused-ring (bicyclic) bond motifs is 1. The third-order valence-corrected chi connectivity index (χ3v) is 9.68. The molecule has 0 saturated carbocycles. The summed E-state index contributed by atoms with van der Waals surface area (Å²) in [6, 6.07) is -0.213. The van der Waals surface area contributed by atoms with Crippen molar-refractivity contribution in [2.75, 3.05) is 14.1 Å². The number of carbonyl (C=O) groups excluding carboxylic acids is 3. The summed E-state index contributed by atoms with van der Waals surface area (Å²) >= 11 is 0. The number of epoxide rings is 1. The van der Waals surface area contributed by atoms with Crippen molar-refractivity contribution in [1.82, 2.24) is 4.90 Å². The number of hydrogen-bond donors (Lipinski definition) is 2. The Kier molecular flexibility index (Phi) is 12.9. The van der Waals surface area contributed by atoms with Crippen molar-refractivity contribution in [3.63, 3.8) is 0 Å². The SMILES string of the molecule is CC[C@@H]1OC(=O)C[C@@H](O)[C@@H](C)[C@H](O[C@@H]2O[C@H](C)C[C@H](N(C)C)[C@@H]2O)[C@@H](C/C=C\C(C)=O)C[C@@H](C)C(=O)/C=C/[C@]2(C)O[C@@H]2[C@H]1C. The number of rotatable bonds is 7. The highest BCUT2D eigenvalue weighted by Gasteiger charge is 2.55. The second-order valence-electron chi connectivity index (χ2n) is 13.7. The number of aliphatic hydroxyl groups excluding tert-OH is 2. The van der Waals surface area contributed by atoms with Crippen molar-refractivity contribution in [2.45, 2.75) is 135 Å². The van der Waals surface area contributed by atoms with Gasteiger partial charge in [-0.3, -0.25) is 14.4 Å². The number of cyclic esters (lactones) is 1. The first kappa shape index (κ1) is 36.5. The number of hydrogen-bond acceptors (Lipinski definition) is 10. The van der Waals surface area contributed by atoms with Crippen LogP contribution >= 0.6 is 0 Å². The van der Waals surface area contributed by atoms with Crippen LogP contribution in [0.25, 0.3) is 0 Å². The van der Waals surface area contributed by atoms with Gasteiger partial charge in [0.2, 0.25) is 0 Å². The average Bonchev–Trinajstić information content (AvgIpc) is 3.63. The van der Waals surface area contributed by atoms with E-state index in [2.05, 4.69) is 0 Å². The summed E-state index contributed by atoms with van der Waals surface area (Å²) in [5.41, 5.74) is -0.636. The van der Waals surface area contributed by atoms with Gasteiger partial charge in [-0.2, -0.15) is 0 Å². The predicted octanol–water partition coefficient (Wildman–Crippen LogP) is 3.62. The van der Waals surface area contributed by atoms with Gasteiger partial charge < -0.3 is 34.1 Å². The number of likely N-dealkylation sites (N-methyl/N-ethyl adjacent to an activating group) is 1. The fourth-order valence-corrected chi connectivity index (χ4v) is 6.78. The molecular weight excluding hydrogens is 566 g/mol. The maximum Gasteiger partial charge on any atom is 0.308 e. The molecular formula is C34H55NO9. The molecule has 3 heterocycles. The lowest BCUT2D eigenvalue weighted by Gasteiger charge is -2.44. The fourth-order valence-electron chi connectivity index (χ4n) is 6.78. The van der Waals surface area contributed by atoms with E-state index in [9.17, 15) is 24.6 Å². The van der Waals surface area contributed by atoms with Crippen molar-refractivity contribution in [1.29, 1.82) is 0 Å². The van der Waals surface area contributed by atoms with E-state index in [1.54, 1.807) is 25.2 Å². The molecule has 0 spiro atoms. The lowest BCUT2D eigenvalue weighted by atomic mass is 9.79. The Morgan fingerprint density at radius 2 is 1.82 bits per heavy atom. The molecule has 0 bridgehead atoms. The average molecular weight is 622 g/mol. The van der Waals surface area contributed by atoms with Gasteiger partial charge in [0.05, 0.1) is 30.8 Å². The van der Waals surface area contributed by atoms with Crippen LogP contribution in [0, 0.1) is 23.7 Å². The summed E-state index contributed by atoms with van der Waals surface area (Å²) in [5.74, 6) is -2.19. The summed E-state index contributed by atoms with van der Waals surface area (Å²) in [7, 11) is 3.78. The Balaban J connectivity index is 2.01. The van der Waals surface area contributed by atoms with Crippen LogP contribution in [0.1, 0.15) is 80.6 Å². The Bertz CT molecular complexity index is 1060. The molecule has 0 aromatic heterocycles. The maximum atomic E-state index is 13.4. The first-order valence-electron chi connectivity index (χ1n) is 16.2. The summed E-state index contributed by atoms with van der Waals surface area (Å²) in [6.07, 6.45) is 3.66. The van der Waals surface area contributed by atoms with Gasteiger partial charge in [-0.1, -0.05) is 33.8 Å². The maximum absolute atomic E-state index is 13.4. The number of esters is 1. The van der Waals surface area contributed by atoms with Crippen molar-refractivity contribution >= 4 is 17.5 Å². The number of nitrogens with zero attached hydrogens (tertiary/aromatic N) is 1. The molecule has 2 saturated heterocycles. The molecule has 2 N–H and O–H groups in total. The Morgan fingerprint density at radius 3 is 2.43 bits per heavy atom. The van der Waals surface area contributed by atoms with Gasteiger partial charge in [0.1, 0.15) is 17.8 Å². The van der Waals surface area contributed by atoms with E-state index in [4.69, 9.17) is 18.9 Å². The number of aliphatic hydroxyl groups is 2. The van der Waals surface area contributed by atoms with Gasteiger partial charge in [0.15, 0.2) is 17.9 Å². The standard InChI is InChI=1S/C34H55NO9/c1-10-28-23(6)32-34(7,44-32)15-14-26(37)19(2)16-24(13-11-12-20(3)36)31(22(5)27(38)18-29(39)42-28)43-33-30(40)25(35(8)9)17-21(4)41-33/h11-12,14-15,19,21-25,27-28,30-33,38,40H,10,13,16-18H2,1-9H3/b12-11-,15-14+/t19-,21-,22-,23+,24+,25+,27-,28+,30+,31+,32-,33+,34+/m1/s1. The van der Waals surface area contributed by atoms with Gasteiger partial charge in [0.25, 0.3) is 0 Å². The number of ketones is 2. The fraction of sp³-hybridized carbons (Fsp3) is 0.794. The number of ether oxygens (including phenoxy) is 4. The van der Waals surface area contributed by atoms with Gasteiger partial charge in [-0.05, 0) is 84.7 Å². The van der Waals surface area contributed by atoms with Crippen LogP contribution < -0.4 is 0 Å². The molecule has 0 aliphatic carbocycles. The normalized spacial score (nSPS) is 43.5. The van der Waals surface area contributed by atoms with Gasteiger partial charge >= 0.3 is 5.97 Å². The summed E-state index contributed by atoms with van der Waals surface area (Å²) in [5, 5.41) is 22.7. The van der Waals surface area contributed by atoms with E-state index in [-0.39, 0.29) is 48.1 Å². The van der Waals surface area contributed by atoms with Crippen molar-refractivity contribution < 1.29 is 43.5 Å². The molecule has 3 aliphatic heterocycles. The molecule has 0 amide bonds. The molecule has 2 fully saturated rings. The van der Waals surface area contributed by atoms with Gasteiger partial charge in [-0.15, -0.1) is 0 Å². The van der Waals surface area contributed by atoms with E-state index in [0.717, 1.165) is 0 Å². The highest BCUT2D eigenvalue weighted by Crippen LogP contribution is 2.45. The van der Waals surface area contributed by atoms with Crippen molar-refractivity contribution in [3.05, 3.63) is 24.3 Å². The van der Waals surface area contributed by atoms with Crippen molar-refractivity contribution in [2.24, 2.45) is 23.7 Å². The summed E-state index contributed by atoms with van der Waals surface area (Å²) in [6.45, 7) is 12.9. The topological polar surface area (TPSA) is 135 Å². The van der Waals surface area contributed by atoms with Crippen LogP contribution in [0.4, 0.5) is 0 Å². The van der Waals surface area contributed by atoms with Crippen LogP contribution in [-0.2, 0) is 33.3 Å². The molecule has 0 aromatic rings. The zero-order valence-electron chi connectivity index (χ0n) is 28.0. The van der Waals surface area contributed by atoms with Crippen LogP contribution in [0.3, 0.4) is 0 Å². The van der Waals surface area contributed by atoms with Crippen LogP contribution in [0.5, 0.6) is 0 Å². The van der Waals surface area contributed by atoms with Crippen LogP contribution in [0.2, 0.25) is 0 Å². The minimum atomic E-state index is -1.14. The van der Waals surface area contributed by atoms with E-state index < -0.39 is 54.1 Å². The minimum Gasteiger partial charge on any atom is -0.462 e. The second kappa shape index (κ2) is 15.6. The number of allylic oxidation sites excluding steroid dienone is 3. The molecule has 13 atom stereocenters. The first-order chi connectivity index (χ1) is 20.6.